The highest BCUT2D eigenvalue weighted by Crippen LogP contribution is 2.45. The highest BCUT2D eigenvalue weighted by Gasteiger charge is 2.42. The first kappa shape index (κ1) is 16.7. The summed E-state index contributed by atoms with van der Waals surface area (Å²) >= 11 is 5.95. The minimum absolute atomic E-state index is 0.0706. The summed E-state index contributed by atoms with van der Waals surface area (Å²) in [7, 11) is -3.67. The molecule has 0 atom stereocenters. The van der Waals surface area contributed by atoms with E-state index in [1.807, 2.05) is 24.3 Å². The average Bonchev–Trinajstić information content (AvgIpc) is 3.26. The SMILES string of the molecule is NC1(CCCN2c3ccccc3N(c3ccc(Cl)cc3)S2(=O)=O)CC1. The zero-order valence-electron chi connectivity index (χ0n) is 13.7. The first-order chi connectivity index (χ1) is 11.9. The van der Waals surface area contributed by atoms with E-state index in [4.69, 9.17) is 17.3 Å². The smallest absolute Gasteiger partial charge is 0.325 e. The molecular formula is C18H20ClN3O2S. The third-order valence-corrected chi connectivity index (χ3v) is 6.92. The van der Waals surface area contributed by atoms with Gasteiger partial charge in [0.1, 0.15) is 0 Å². The number of para-hydroxylation sites is 2. The molecule has 2 aliphatic rings. The van der Waals surface area contributed by atoms with E-state index in [2.05, 4.69) is 0 Å². The predicted molar refractivity (Wildman–Crippen MR) is 102 cm³/mol. The van der Waals surface area contributed by atoms with Crippen LogP contribution in [-0.4, -0.2) is 20.5 Å². The Bertz CT molecular complexity index is 895. The van der Waals surface area contributed by atoms with Gasteiger partial charge in [0, 0.05) is 17.1 Å². The van der Waals surface area contributed by atoms with Crippen molar-refractivity contribution in [2.45, 2.75) is 31.2 Å². The standard InChI is InChI=1S/C18H20ClN3O2S/c19-14-6-8-15(9-7-14)22-17-5-2-1-4-16(17)21(25(22,23)24)13-3-10-18(20)11-12-18/h1-2,4-9H,3,10-13,20H2. The molecule has 0 aromatic heterocycles. The van der Waals surface area contributed by atoms with E-state index in [0.29, 0.717) is 28.6 Å². The van der Waals surface area contributed by atoms with Crippen LogP contribution in [-0.2, 0) is 10.2 Å². The van der Waals surface area contributed by atoms with Gasteiger partial charge in [-0.25, -0.2) is 4.31 Å². The highest BCUT2D eigenvalue weighted by molar-refractivity contribution is 7.95. The molecule has 1 saturated carbocycles. The fourth-order valence-corrected chi connectivity index (χ4v) is 5.14. The van der Waals surface area contributed by atoms with Crippen LogP contribution in [0.2, 0.25) is 5.02 Å². The third kappa shape index (κ3) is 2.99. The number of nitrogens with two attached hydrogens (primary N) is 1. The lowest BCUT2D eigenvalue weighted by Crippen LogP contribution is -2.36. The lowest BCUT2D eigenvalue weighted by Gasteiger charge is -2.22. The number of benzene rings is 2. The van der Waals surface area contributed by atoms with Crippen LogP contribution in [0.25, 0.3) is 0 Å². The topological polar surface area (TPSA) is 66.6 Å². The second-order valence-corrected chi connectivity index (χ2v) is 8.91. The highest BCUT2D eigenvalue weighted by atomic mass is 35.5. The van der Waals surface area contributed by atoms with Crippen molar-refractivity contribution >= 4 is 38.9 Å². The van der Waals surface area contributed by atoms with Gasteiger partial charge in [0.25, 0.3) is 0 Å². The fourth-order valence-electron chi connectivity index (χ4n) is 3.26. The van der Waals surface area contributed by atoms with Gasteiger partial charge in [-0.2, -0.15) is 8.42 Å². The zero-order valence-corrected chi connectivity index (χ0v) is 15.3. The summed E-state index contributed by atoms with van der Waals surface area (Å²) in [5.74, 6) is 0. The maximum Gasteiger partial charge on any atom is 0.330 e. The van der Waals surface area contributed by atoms with E-state index in [1.165, 1.54) is 8.61 Å². The van der Waals surface area contributed by atoms with Crippen LogP contribution in [0, 0.1) is 0 Å². The molecule has 0 amide bonds. The molecule has 1 aliphatic heterocycles. The molecule has 5 nitrogen and oxygen atoms in total. The van der Waals surface area contributed by atoms with E-state index in [9.17, 15) is 8.42 Å². The van der Waals surface area contributed by atoms with Crippen molar-refractivity contribution in [2.24, 2.45) is 5.73 Å². The molecular weight excluding hydrogens is 358 g/mol. The Morgan fingerprint density at radius 1 is 1.04 bits per heavy atom. The summed E-state index contributed by atoms with van der Waals surface area (Å²) in [6.07, 6.45) is 3.67. The second-order valence-electron chi connectivity index (χ2n) is 6.78. The van der Waals surface area contributed by atoms with E-state index >= 15 is 0 Å². The number of rotatable bonds is 5. The molecule has 2 N–H and O–H groups in total. The zero-order chi connectivity index (χ0) is 17.7. The minimum Gasteiger partial charge on any atom is -0.325 e. The fraction of sp³-hybridized carbons (Fsp3) is 0.333. The molecule has 7 heteroatoms. The average molecular weight is 378 g/mol. The van der Waals surface area contributed by atoms with Crippen LogP contribution in [0.3, 0.4) is 0 Å². The molecule has 1 fully saturated rings. The van der Waals surface area contributed by atoms with E-state index < -0.39 is 10.2 Å². The number of nitrogens with zero attached hydrogens (tertiary/aromatic N) is 2. The quantitative estimate of drug-likeness (QED) is 0.861. The molecule has 0 unspecified atom stereocenters. The van der Waals surface area contributed by atoms with Crippen LogP contribution >= 0.6 is 11.6 Å². The van der Waals surface area contributed by atoms with Gasteiger partial charge in [-0.1, -0.05) is 23.7 Å². The summed E-state index contributed by atoms with van der Waals surface area (Å²) in [4.78, 5) is 0. The molecule has 0 bridgehead atoms. The molecule has 2 aromatic carbocycles. The van der Waals surface area contributed by atoms with E-state index in [0.717, 1.165) is 25.7 Å². The van der Waals surface area contributed by atoms with E-state index in [-0.39, 0.29) is 5.54 Å². The van der Waals surface area contributed by atoms with Crippen molar-refractivity contribution in [3.63, 3.8) is 0 Å². The molecule has 0 spiro atoms. The lowest BCUT2D eigenvalue weighted by atomic mass is 10.1. The number of anilines is 3. The molecule has 2 aromatic rings. The van der Waals surface area contributed by atoms with Gasteiger partial charge in [0.15, 0.2) is 0 Å². The summed E-state index contributed by atoms with van der Waals surface area (Å²) in [5.41, 5.74) is 8.02. The van der Waals surface area contributed by atoms with E-state index in [1.54, 1.807) is 24.3 Å². The Balaban J connectivity index is 1.67. The van der Waals surface area contributed by atoms with Crippen LogP contribution < -0.4 is 14.3 Å². The van der Waals surface area contributed by atoms with Gasteiger partial charge in [0.2, 0.25) is 0 Å². The van der Waals surface area contributed by atoms with Crippen molar-refractivity contribution < 1.29 is 8.42 Å². The number of halogens is 1. The maximum absolute atomic E-state index is 13.2. The minimum atomic E-state index is -3.67. The van der Waals surface area contributed by atoms with Gasteiger partial charge in [-0.15, -0.1) is 0 Å². The number of hydrogen-bond donors (Lipinski definition) is 1. The monoisotopic (exact) mass is 377 g/mol. The van der Waals surface area contributed by atoms with Crippen molar-refractivity contribution in [2.75, 3.05) is 15.2 Å². The van der Waals surface area contributed by atoms with Gasteiger partial charge >= 0.3 is 10.2 Å². The summed E-state index contributed by atoms with van der Waals surface area (Å²) in [6, 6.07) is 14.2. The molecule has 25 heavy (non-hydrogen) atoms. The number of fused-ring (bicyclic) bond motifs is 1. The molecule has 0 saturated heterocycles. The first-order valence-corrected chi connectivity index (χ1v) is 10.1. The van der Waals surface area contributed by atoms with Crippen LogP contribution in [0.4, 0.5) is 17.1 Å². The molecule has 1 heterocycles. The van der Waals surface area contributed by atoms with Crippen molar-refractivity contribution in [1.29, 1.82) is 0 Å². The van der Waals surface area contributed by atoms with Crippen molar-refractivity contribution in [3.8, 4) is 0 Å². The Morgan fingerprint density at radius 3 is 2.32 bits per heavy atom. The normalized spacial score (nSPS) is 19.8. The van der Waals surface area contributed by atoms with Crippen LogP contribution in [0.15, 0.2) is 48.5 Å². The van der Waals surface area contributed by atoms with Gasteiger partial charge in [-0.3, -0.25) is 4.31 Å². The molecule has 0 radical (unpaired) electrons. The largest absolute Gasteiger partial charge is 0.330 e. The maximum atomic E-state index is 13.2. The van der Waals surface area contributed by atoms with Gasteiger partial charge in [-0.05, 0) is 62.1 Å². The molecule has 132 valence electrons. The van der Waals surface area contributed by atoms with Gasteiger partial charge in [0.05, 0.1) is 17.1 Å². The first-order valence-electron chi connectivity index (χ1n) is 8.37. The summed E-state index contributed by atoms with van der Waals surface area (Å²) in [5, 5.41) is 0.572. The van der Waals surface area contributed by atoms with Crippen LogP contribution in [0.1, 0.15) is 25.7 Å². The Labute approximate surface area is 153 Å². The molecule has 1 aliphatic carbocycles. The second kappa shape index (κ2) is 5.90. The molecule has 4 rings (SSSR count). The summed E-state index contributed by atoms with van der Waals surface area (Å²) in [6.45, 7) is 0.433. The third-order valence-electron chi connectivity index (χ3n) is 4.87. The van der Waals surface area contributed by atoms with Crippen LogP contribution in [0.5, 0.6) is 0 Å². The predicted octanol–water partition coefficient (Wildman–Crippen LogP) is 3.81. The Kier molecular flexibility index (Phi) is 3.94. The summed E-state index contributed by atoms with van der Waals surface area (Å²) < 4.78 is 29.3. The van der Waals surface area contributed by atoms with Gasteiger partial charge < -0.3 is 5.73 Å². The van der Waals surface area contributed by atoms with Crippen molar-refractivity contribution in [3.05, 3.63) is 53.6 Å². The Morgan fingerprint density at radius 2 is 1.68 bits per heavy atom. The lowest BCUT2D eigenvalue weighted by molar-refractivity contribution is 0.568. The number of hydrogen-bond acceptors (Lipinski definition) is 3. The van der Waals surface area contributed by atoms with Crippen molar-refractivity contribution in [1.82, 2.24) is 0 Å². The Hall–Kier alpha value is -1.76.